The maximum Gasteiger partial charge on any atom is 0.408 e. The SMILES string of the molecule is CC(C)C[C@@H]1NC(=O)OC(Cc2ccccc2)CCCCCC(C(=O)N(C)C)CC(C(=O)O)=NC1=O. The first kappa shape index (κ1) is 29.0. The van der Waals surface area contributed by atoms with Crippen LogP contribution in [0.4, 0.5) is 4.79 Å². The fraction of sp³-hybridized carbons (Fsp3) is 0.593. The molecular weight excluding hydrogens is 462 g/mol. The maximum absolute atomic E-state index is 13.0. The largest absolute Gasteiger partial charge is 0.477 e. The van der Waals surface area contributed by atoms with Gasteiger partial charge < -0.3 is 20.1 Å². The number of alkyl carbamates (subject to hydrolysis) is 1. The summed E-state index contributed by atoms with van der Waals surface area (Å²) in [5.41, 5.74) is 0.663. The second-order valence-electron chi connectivity index (χ2n) is 10.0. The summed E-state index contributed by atoms with van der Waals surface area (Å²) in [6.45, 7) is 3.78. The standard InChI is InChI=1S/C27H39N3O6/c1-18(2)15-22-24(31)28-23(26(33)34)17-20(25(32)30(3)4)13-9-6-10-14-21(36-27(35)29-22)16-19-11-7-5-8-12-19/h5,7-8,11-12,18,20-22H,6,9-10,13-17H2,1-4H3,(H,29,35)(H,33,34)/t20?,21?,22-/m0/s1. The molecule has 1 aliphatic heterocycles. The molecule has 3 atom stereocenters. The van der Waals surface area contributed by atoms with Gasteiger partial charge in [-0.2, -0.15) is 0 Å². The molecule has 1 heterocycles. The monoisotopic (exact) mass is 501 g/mol. The minimum Gasteiger partial charge on any atom is -0.477 e. The van der Waals surface area contributed by atoms with Crippen LogP contribution in [0.15, 0.2) is 35.3 Å². The normalized spacial score (nSPS) is 22.5. The maximum atomic E-state index is 13.0. The number of aliphatic carboxylic acids is 1. The van der Waals surface area contributed by atoms with E-state index >= 15 is 0 Å². The molecule has 9 heteroatoms. The predicted molar refractivity (Wildman–Crippen MR) is 137 cm³/mol. The van der Waals surface area contributed by atoms with Crippen molar-refractivity contribution in [3.8, 4) is 0 Å². The van der Waals surface area contributed by atoms with E-state index < -0.39 is 29.9 Å². The summed E-state index contributed by atoms with van der Waals surface area (Å²) >= 11 is 0. The van der Waals surface area contributed by atoms with Crippen molar-refractivity contribution in [1.29, 1.82) is 0 Å². The Labute approximate surface area is 213 Å². The number of ether oxygens (including phenoxy) is 1. The Morgan fingerprint density at radius 2 is 1.78 bits per heavy atom. The molecule has 0 bridgehead atoms. The van der Waals surface area contributed by atoms with Crippen molar-refractivity contribution < 1.29 is 29.0 Å². The third-order valence-electron chi connectivity index (χ3n) is 6.18. The van der Waals surface area contributed by atoms with Gasteiger partial charge in [-0.1, -0.05) is 57.0 Å². The average molecular weight is 502 g/mol. The Balaban J connectivity index is 2.34. The van der Waals surface area contributed by atoms with E-state index in [1.54, 1.807) is 14.1 Å². The van der Waals surface area contributed by atoms with Gasteiger partial charge in [0.15, 0.2) is 0 Å². The van der Waals surface area contributed by atoms with Crippen LogP contribution >= 0.6 is 0 Å². The van der Waals surface area contributed by atoms with Crippen LogP contribution in [0, 0.1) is 11.8 Å². The number of hydrogen-bond donors (Lipinski definition) is 2. The molecule has 36 heavy (non-hydrogen) atoms. The lowest BCUT2D eigenvalue weighted by molar-refractivity contribution is -0.133. The summed E-state index contributed by atoms with van der Waals surface area (Å²) in [4.78, 5) is 55.8. The number of nitrogens with one attached hydrogen (secondary N) is 1. The fourth-order valence-electron chi connectivity index (χ4n) is 4.34. The highest BCUT2D eigenvalue weighted by Gasteiger charge is 2.29. The number of carbonyl (C=O) groups is 4. The van der Waals surface area contributed by atoms with Gasteiger partial charge in [0.1, 0.15) is 17.9 Å². The van der Waals surface area contributed by atoms with E-state index in [9.17, 15) is 24.3 Å². The van der Waals surface area contributed by atoms with Crippen LogP contribution in [0.1, 0.15) is 64.4 Å². The van der Waals surface area contributed by atoms with E-state index in [0.29, 0.717) is 25.7 Å². The smallest absolute Gasteiger partial charge is 0.408 e. The number of carboxylic acids is 1. The molecular formula is C27H39N3O6. The molecule has 2 N–H and O–H groups in total. The lowest BCUT2D eigenvalue weighted by atomic mass is 9.93. The number of benzene rings is 1. The molecule has 0 saturated heterocycles. The van der Waals surface area contributed by atoms with Gasteiger partial charge >= 0.3 is 12.1 Å². The highest BCUT2D eigenvalue weighted by molar-refractivity contribution is 6.37. The van der Waals surface area contributed by atoms with Crippen LogP contribution in [0.5, 0.6) is 0 Å². The Morgan fingerprint density at radius 3 is 2.39 bits per heavy atom. The Bertz CT molecular complexity index is 929. The van der Waals surface area contributed by atoms with Crippen molar-refractivity contribution in [2.24, 2.45) is 16.8 Å². The summed E-state index contributed by atoms with van der Waals surface area (Å²) in [7, 11) is 3.25. The summed E-state index contributed by atoms with van der Waals surface area (Å²) in [6, 6.07) is 8.70. The third kappa shape index (κ3) is 9.79. The number of aliphatic imine (C=N–C) groups is 1. The van der Waals surface area contributed by atoms with Crippen LogP contribution in [0.2, 0.25) is 0 Å². The van der Waals surface area contributed by atoms with Crippen LogP contribution in [-0.4, -0.2) is 65.8 Å². The zero-order valence-corrected chi connectivity index (χ0v) is 21.7. The van der Waals surface area contributed by atoms with Crippen molar-refractivity contribution in [2.45, 2.75) is 77.4 Å². The summed E-state index contributed by atoms with van der Waals surface area (Å²) in [6.07, 6.45) is 2.95. The molecule has 0 fully saturated rings. The van der Waals surface area contributed by atoms with Gasteiger partial charge in [0.2, 0.25) is 5.91 Å². The van der Waals surface area contributed by atoms with Gasteiger partial charge in [-0.05, 0) is 37.2 Å². The number of nitrogens with zero attached hydrogens (tertiary/aromatic N) is 2. The molecule has 1 aromatic carbocycles. The third-order valence-corrected chi connectivity index (χ3v) is 6.18. The minimum atomic E-state index is -1.35. The van der Waals surface area contributed by atoms with E-state index in [4.69, 9.17) is 4.74 Å². The average Bonchev–Trinajstić information content (AvgIpc) is 2.81. The van der Waals surface area contributed by atoms with Crippen LogP contribution < -0.4 is 5.32 Å². The molecule has 1 aliphatic rings. The highest BCUT2D eigenvalue weighted by atomic mass is 16.6. The van der Waals surface area contributed by atoms with Gasteiger partial charge in [-0.15, -0.1) is 0 Å². The van der Waals surface area contributed by atoms with E-state index in [1.165, 1.54) is 4.90 Å². The van der Waals surface area contributed by atoms with Crippen molar-refractivity contribution in [3.05, 3.63) is 35.9 Å². The number of carboxylic acid groups (broad SMARTS) is 1. The van der Waals surface area contributed by atoms with Gasteiger partial charge in [0.05, 0.1) is 0 Å². The zero-order valence-electron chi connectivity index (χ0n) is 21.7. The summed E-state index contributed by atoms with van der Waals surface area (Å²) in [5.74, 6) is -2.87. The van der Waals surface area contributed by atoms with Gasteiger partial charge in [0, 0.05) is 32.9 Å². The Morgan fingerprint density at radius 1 is 1.11 bits per heavy atom. The first-order valence-electron chi connectivity index (χ1n) is 12.6. The minimum absolute atomic E-state index is 0.0352. The van der Waals surface area contributed by atoms with Crippen molar-refractivity contribution in [2.75, 3.05) is 14.1 Å². The van der Waals surface area contributed by atoms with Crippen LogP contribution in [0.25, 0.3) is 0 Å². The lowest BCUT2D eigenvalue weighted by Crippen LogP contribution is -2.43. The van der Waals surface area contributed by atoms with Gasteiger partial charge in [-0.3, -0.25) is 9.59 Å². The van der Waals surface area contributed by atoms with Gasteiger partial charge in [-0.25, -0.2) is 14.6 Å². The molecule has 0 aromatic heterocycles. The molecule has 2 unspecified atom stereocenters. The van der Waals surface area contributed by atoms with Crippen molar-refractivity contribution in [1.82, 2.24) is 10.2 Å². The van der Waals surface area contributed by atoms with Gasteiger partial charge in [0.25, 0.3) is 5.91 Å². The topological polar surface area (TPSA) is 125 Å². The predicted octanol–water partition coefficient (Wildman–Crippen LogP) is 3.85. The molecule has 0 spiro atoms. The number of amides is 3. The zero-order chi connectivity index (χ0) is 26.7. The molecule has 198 valence electrons. The second kappa shape index (κ2) is 14.4. The lowest BCUT2D eigenvalue weighted by Gasteiger charge is -2.22. The number of carbonyl (C=O) groups excluding carboxylic acids is 3. The highest BCUT2D eigenvalue weighted by Crippen LogP contribution is 2.21. The molecule has 1 aromatic rings. The molecule has 0 aliphatic carbocycles. The first-order valence-corrected chi connectivity index (χ1v) is 12.6. The fourth-order valence-corrected chi connectivity index (χ4v) is 4.34. The first-order chi connectivity index (χ1) is 17.1. The quantitative estimate of drug-likeness (QED) is 0.610. The van der Waals surface area contributed by atoms with Crippen molar-refractivity contribution >= 4 is 29.6 Å². The Hall–Kier alpha value is -3.23. The van der Waals surface area contributed by atoms with Crippen molar-refractivity contribution in [3.63, 3.8) is 0 Å². The van der Waals surface area contributed by atoms with Crippen LogP contribution in [-0.2, 0) is 25.5 Å². The molecule has 3 amide bonds. The second-order valence-corrected chi connectivity index (χ2v) is 10.0. The van der Waals surface area contributed by atoms with E-state index in [2.05, 4.69) is 10.3 Å². The van der Waals surface area contributed by atoms with E-state index in [0.717, 1.165) is 18.4 Å². The number of hydrogen-bond acceptors (Lipinski definition) is 5. The number of rotatable bonds is 6. The number of cyclic esters (lactones) is 1. The molecule has 2 rings (SSSR count). The molecule has 0 radical (unpaired) electrons. The van der Waals surface area contributed by atoms with E-state index in [-0.39, 0.29) is 36.5 Å². The Kier molecular flexibility index (Phi) is 11.6. The summed E-state index contributed by atoms with van der Waals surface area (Å²) < 4.78 is 5.73. The molecule has 0 saturated carbocycles. The molecule has 9 nitrogen and oxygen atoms in total. The van der Waals surface area contributed by atoms with E-state index in [1.807, 2.05) is 44.2 Å². The summed E-state index contributed by atoms with van der Waals surface area (Å²) in [5, 5.41) is 12.3. The van der Waals surface area contributed by atoms with Crippen LogP contribution in [0.3, 0.4) is 0 Å².